The molecule has 30 heavy (non-hydrogen) atoms. The van der Waals surface area contributed by atoms with Crippen molar-refractivity contribution < 1.29 is 19.1 Å². The molecule has 4 N–H and O–H groups in total. The summed E-state index contributed by atoms with van der Waals surface area (Å²) in [6.45, 7) is -0.256. The van der Waals surface area contributed by atoms with Gasteiger partial charge in [0.05, 0.1) is 5.52 Å². The number of carbonyl (C=O) groups is 3. The van der Waals surface area contributed by atoms with E-state index in [9.17, 15) is 14.4 Å². The van der Waals surface area contributed by atoms with Gasteiger partial charge in [-0.3, -0.25) is 14.6 Å². The largest absolute Gasteiger partial charge is 0.445 e. The van der Waals surface area contributed by atoms with Crippen LogP contribution < -0.4 is 16.4 Å². The molecule has 0 fully saturated rings. The number of alkyl carbamates (subject to hydrolysis) is 1. The zero-order valence-corrected chi connectivity index (χ0v) is 16.2. The minimum absolute atomic E-state index is 0.0891. The average Bonchev–Trinajstić information content (AvgIpc) is 2.76. The molecular formula is C22H22N4O4. The number of amides is 3. The van der Waals surface area contributed by atoms with Crippen LogP contribution in [0.3, 0.4) is 0 Å². The number of pyridine rings is 1. The van der Waals surface area contributed by atoms with Crippen molar-refractivity contribution in [2.45, 2.75) is 19.1 Å². The Hall–Kier alpha value is -3.94. The number of hydrogen-bond donors (Lipinski definition) is 3. The lowest BCUT2D eigenvalue weighted by atomic mass is 10.1. The molecule has 1 atom stereocenters. The molecule has 0 aliphatic rings. The molecule has 0 bridgehead atoms. The van der Waals surface area contributed by atoms with Crippen LogP contribution in [0.4, 0.5) is 4.79 Å². The van der Waals surface area contributed by atoms with Gasteiger partial charge in [-0.1, -0.05) is 54.6 Å². The number of nitrogens with zero attached hydrogens (tertiary/aromatic N) is 1. The van der Waals surface area contributed by atoms with E-state index in [-0.39, 0.29) is 19.6 Å². The lowest BCUT2D eigenvalue weighted by Crippen LogP contribution is -2.49. The van der Waals surface area contributed by atoms with Crippen LogP contribution in [-0.4, -0.2) is 35.5 Å². The molecule has 0 saturated heterocycles. The Balaban J connectivity index is 1.49. The quantitative estimate of drug-likeness (QED) is 0.525. The van der Waals surface area contributed by atoms with E-state index in [1.807, 2.05) is 60.7 Å². The third-order valence-corrected chi connectivity index (χ3v) is 4.35. The number of para-hydroxylation sites is 1. The van der Waals surface area contributed by atoms with Gasteiger partial charge in [-0.25, -0.2) is 4.79 Å². The van der Waals surface area contributed by atoms with Crippen molar-refractivity contribution in [3.8, 4) is 0 Å². The van der Waals surface area contributed by atoms with Gasteiger partial charge in [-0.15, -0.1) is 0 Å². The number of ether oxygens (including phenoxy) is 1. The summed E-state index contributed by atoms with van der Waals surface area (Å²) in [5.41, 5.74) is 7.65. The summed E-state index contributed by atoms with van der Waals surface area (Å²) in [4.78, 5) is 40.1. The zero-order valence-electron chi connectivity index (χ0n) is 16.2. The standard InChI is InChI=1S/C22H22N4O4/c23-21(28)19(12-17-11-10-16-8-4-5-9-18(16)25-17)26-20(27)13-24-22(29)30-14-15-6-2-1-3-7-15/h1-11,19H,12-14H2,(H2,23,28)(H,24,29)(H,26,27)/t19-/m0/s1. The molecule has 8 heteroatoms. The second-order valence-electron chi connectivity index (χ2n) is 6.64. The van der Waals surface area contributed by atoms with Gasteiger partial charge >= 0.3 is 6.09 Å². The molecule has 3 amide bonds. The van der Waals surface area contributed by atoms with E-state index in [0.29, 0.717) is 5.69 Å². The van der Waals surface area contributed by atoms with Crippen molar-refractivity contribution in [2.24, 2.45) is 5.73 Å². The van der Waals surface area contributed by atoms with Crippen LogP contribution in [0, 0.1) is 0 Å². The number of nitrogens with one attached hydrogen (secondary N) is 2. The third kappa shape index (κ3) is 6.03. The molecule has 2 aromatic carbocycles. The summed E-state index contributed by atoms with van der Waals surface area (Å²) < 4.78 is 5.04. The van der Waals surface area contributed by atoms with Gasteiger partial charge in [0.1, 0.15) is 19.2 Å². The lowest BCUT2D eigenvalue weighted by Gasteiger charge is -2.16. The molecule has 1 heterocycles. The molecule has 0 spiro atoms. The lowest BCUT2D eigenvalue weighted by molar-refractivity contribution is -0.126. The number of fused-ring (bicyclic) bond motifs is 1. The molecule has 0 aliphatic heterocycles. The van der Waals surface area contributed by atoms with Gasteiger partial charge in [0.2, 0.25) is 11.8 Å². The van der Waals surface area contributed by atoms with Crippen LogP contribution in [-0.2, 0) is 27.4 Å². The van der Waals surface area contributed by atoms with Crippen LogP contribution in [0.2, 0.25) is 0 Å². The van der Waals surface area contributed by atoms with Crippen LogP contribution in [0.15, 0.2) is 66.7 Å². The van der Waals surface area contributed by atoms with E-state index in [1.54, 1.807) is 6.07 Å². The van der Waals surface area contributed by atoms with E-state index < -0.39 is 23.9 Å². The van der Waals surface area contributed by atoms with Crippen molar-refractivity contribution >= 4 is 28.8 Å². The molecule has 0 saturated carbocycles. The second-order valence-corrected chi connectivity index (χ2v) is 6.64. The fourth-order valence-corrected chi connectivity index (χ4v) is 2.83. The second kappa shape index (κ2) is 10.0. The Bertz CT molecular complexity index is 1040. The number of nitrogens with two attached hydrogens (primary N) is 1. The van der Waals surface area contributed by atoms with E-state index in [0.717, 1.165) is 16.5 Å². The predicted octanol–water partition coefficient (Wildman–Crippen LogP) is 1.67. The van der Waals surface area contributed by atoms with Crippen molar-refractivity contribution in [1.82, 2.24) is 15.6 Å². The molecular weight excluding hydrogens is 384 g/mol. The van der Waals surface area contributed by atoms with E-state index in [1.165, 1.54) is 0 Å². The third-order valence-electron chi connectivity index (χ3n) is 4.35. The Kier molecular flexibility index (Phi) is 6.94. The normalized spacial score (nSPS) is 11.5. The Labute approximate surface area is 173 Å². The highest BCUT2D eigenvalue weighted by Crippen LogP contribution is 2.12. The Morgan fingerprint density at radius 3 is 2.47 bits per heavy atom. The summed E-state index contributed by atoms with van der Waals surface area (Å²) >= 11 is 0. The highest BCUT2D eigenvalue weighted by Gasteiger charge is 2.20. The van der Waals surface area contributed by atoms with Crippen molar-refractivity contribution in [3.05, 3.63) is 78.0 Å². The SMILES string of the molecule is NC(=O)[C@H](Cc1ccc2ccccc2n1)NC(=O)CNC(=O)OCc1ccccc1. The minimum atomic E-state index is -0.951. The van der Waals surface area contributed by atoms with E-state index in [2.05, 4.69) is 15.6 Å². The molecule has 3 rings (SSSR count). The molecule has 154 valence electrons. The molecule has 0 unspecified atom stereocenters. The van der Waals surface area contributed by atoms with Crippen molar-refractivity contribution in [1.29, 1.82) is 0 Å². The van der Waals surface area contributed by atoms with Crippen LogP contribution in [0.25, 0.3) is 10.9 Å². The maximum absolute atomic E-state index is 12.1. The van der Waals surface area contributed by atoms with Crippen molar-refractivity contribution in [2.75, 3.05) is 6.54 Å². The maximum Gasteiger partial charge on any atom is 0.407 e. The first kappa shape index (κ1) is 20.8. The number of aromatic nitrogens is 1. The van der Waals surface area contributed by atoms with Gasteiger partial charge < -0.3 is 21.1 Å². The average molecular weight is 406 g/mol. The first-order chi connectivity index (χ1) is 14.5. The van der Waals surface area contributed by atoms with Gasteiger partial charge in [0.15, 0.2) is 0 Å². The first-order valence-electron chi connectivity index (χ1n) is 9.39. The van der Waals surface area contributed by atoms with Gasteiger partial charge in [0.25, 0.3) is 0 Å². The number of hydrogen-bond acceptors (Lipinski definition) is 5. The molecule has 1 aromatic heterocycles. The van der Waals surface area contributed by atoms with Crippen molar-refractivity contribution in [3.63, 3.8) is 0 Å². The molecule has 0 radical (unpaired) electrons. The molecule has 3 aromatic rings. The highest BCUT2D eigenvalue weighted by molar-refractivity contribution is 5.89. The Morgan fingerprint density at radius 2 is 1.70 bits per heavy atom. The first-order valence-corrected chi connectivity index (χ1v) is 9.39. The summed E-state index contributed by atoms with van der Waals surface area (Å²) in [5.74, 6) is -1.25. The summed E-state index contributed by atoms with van der Waals surface area (Å²) in [7, 11) is 0. The van der Waals surface area contributed by atoms with E-state index >= 15 is 0 Å². The predicted molar refractivity (Wildman–Crippen MR) is 111 cm³/mol. The van der Waals surface area contributed by atoms with Crippen LogP contribution in [0.1, 0.15) is 11.3 Å². The maximum atomic E-state index is 12.1. The fourth-order valence-electron chi connectivity index (χ4n) is 2.83. The van der Waals surface area contributed by atoms with Gasteiger partial charge in [-0.05, 0) is 17.7 Å². The number of primary amides is 1. The fraction of sp³-hybridized carbons (Fsp3) is 0.182. The number of carbonyl (C=O) groups excluding carboxylic acids is 3. The van der Waals surface area contributed by atoms with Crippen LogP contribution >= 0.6 is 0 Å². The topological polar surface area (TPSA) is 123 Å². The number of rotatable bonds is 8. The minimum Gasteiger partial charge on any atom is -0.445 e. The highest BCUT2D eigenvalue weighted by atomic mass is 16.5. The number of benzene rings is 2. The molecule has 8 nitrogen and oxygen atoms in total. The zero-order chi connectivity index (χ0) is 21.3. The van der Waals surface area contributed by atoms with Gasteiger partial charge in [-0.2, -0.15) is 0 Å². The summed E-state index contributed by atoms with van der Waals surface area (Å²) in [6.07, 6.45) is -0.592. The summed E-state index contributed by atoms with van der Waals surface area (Å²) in [5, 5.41) is 5.83. The van der Waals surface area contributed by atoms with Crippen LogP contribution in [0.5, 0.6) is 0 Å². The van der Waals surface area contributed by atoms with Gasteiger partial charge in [0, 0.05) is 17.5 Å². The Morgan fingerprint density at radius 1 is 0.967 bits per heavy atom. The van der Waals surface area contributed by atoms with E-state index in [4.69, 9.17) is 10.5 Å². The monoisotopic (exact) mass is 406 g/mol. The molecule has 0 aliphatic carbocycles. The summed E-state index contributed by atoms with van der Waals surface area (Å²) in [6, 6.07) is 19.5. The smallest absolute Gasteiger partial charge is 0.407 e.